The predicted molar refractivity (Wildman–Crippen MR) is 52.1 cm³/mol. The highest BCUT2D eigenvalue weighted by atomic mass is 15.0. The number of hydrogen-bond acceptors (Lipinski definition) is 1. The van der Waals surface area contributed by atoms with Gasteiger partial charge in [-0.25, -0.2) is 0 Å². The maximum Gasteiger partial charge on any atom is 0.00747 e. The third-order valence-electron chi connectivity index (χ3n) is 3.23. The zero-order valence-electron chi connectivity index (χ0n) is 8.34. The van der Waals surface area contributed by atoms with E-state index in [9.17, 15) is 0 Å². The molecule has 2 saturated carbocycles. The molecule has 0 aromatic heterocycles. The van der Waals surface area contributed by atoms with E-state index in [1.807, 2.05) is 0 Å². The van der Waals surface area contributed by atoms with Crippen LogP contribution in [0, 0.1) is 11.8 Å². The molecule has 70 valence electrons. The second-order valence-corrected chi connectivity index (χ2v) is 5.06. The summed E-state index contributed by atoms with van der Waals surface area (Å²) in [5.41, 5.74) is 0. The molecule has 1 N–H and O–H groups in total. The summed E-state index contributed by atoms with van der Waals surface area (Å²) >= 11 is 0. The van der Waals surface area contributed by atoms with Crippen LogP contribution >= 0.6 is 0 Å². The Morgan fingerprint density at radius 2 is 1.42 bits per heavy atom. The first-order chi connectivity index (χ1) is 5.74. The fourth-order valence-electron chi connectivity index (χ4n) is 2.67. The smallest absolute Gasteiger partial charge is 0.00747 e. The largest absolute Gasteiger partial charge is 0.311 e. The minimum Gasteiger partial charge on any atom is -0.311 e. The van der Waals surface area contributed by atoms with Crippen LogP contribution in [0.4, 0.5) is 0 Å². The molecule has 1 heteroatoms. The first kappa shape index (κ1) is 8.55. The fraction of sp³-hybridized carbons (Fsp3) is 1.00. The minimum absolute atomic E-state index is 0.844. The van der Waals surface area contributed by atoms with Crippen molar-refractivity contribution in [3.63, 3.8) is 0 Å². The number of nitrogens with one attached hydrogen (secondary N) is 1. The average molecular weight is 167 g/mol. The van der Waals surface area contributed by atoms with Crippen molar-refractivity contribution < 1.29 is 0 Å². The molecule has 2 rings (SSSR count). The molecule has 0 aliphatic heterocycles. The fourth-order valence-corrected chi connectivity index (χ4v) is 2.67. The van der Waals surface area contributed by atoms with Gasteiger partial charge in [-0.1, -0.05) is 13.8 Å². The summed E-state index contributed by atoms with van der Waals surface area (Å²) in [5, 5.41) is 3.75. The van der Waals surface area contributed by atoms with Crippen molar-refractivity contribution in [1.82, 2.24) is 5.32 Å². The van der Waals surface area contributed by atoms with Crippen molar-refractivity contribution >= 4 is 0 Å². The highest BCUT2D eigenvalue weighted by molar-refractivity contribution is 4.88. The van der Waals surface area contributed by atoms with Crippen LogP contribution in [0.3, 0.4) is 0 Å². The Morgan fingerprint density at radius 1 is 0.833 bits per heavy atom. The standard InChI is InChI=1S/C11H21N/c1-8-5-9(2)7-11(6-8)12-10-3-4-10/h8-12H,3-7H2,1-2H3/t8-,9+,11?. The summed E-state index contributed by atoms with van der Waals surface area (Å²) < 4.78 is 0. The van der Waals surface area contributed by atoms with E-state index < -0.39 is 0 Å². The summed E-state index contributed by atoms with van der Waals surface area (Å²) in [4.78, 5) is 0. The Bertz CT molecular complexity index is 138. The summed E-state index contributed by atoms with van der Waals surface area (Å²) in [5.74, 6) is 1.90. The van der Waals surface area contributed by atoms with Crippen molar-refractivity contribution in [3.8, 4) is 0 Å². The Hall–Kier alpha value is -0.0400. The Kier molecular flexibility index (Phi) is 2.40. The van der Waals surface area contributed by atoms with Crippen molar-refractivity contribution in [2.24, 2.45) is 11.8 Å². The predicted octanol–water partition coefficient (Wildman–Crippen LogP) is 2.56. The van der Waals surface area contributed by atoms with Gasteiger partial charge in [0.2, 0.25) is 0 Å². The first-order valence-corrected chi connectivity index (χ1v) is 5.50. The van der Waals surface area contributed by atoms with Crippen LogP contribution < -0.4 is 5.32 Å². The van der Waals surface area contributed by atoms with Gasteiger partial charge in [-0.05, 0) is 43.9 Å². The monoisotopic (exact) mass is 167 g/mol. The molecule has 12 heavy (non-hydrogen) atoms. The van der Waals surface area contributed by atoms with E-state index in [1.54, 1.807) is 0 Å². The van der Waals surface area contributed by atoms with Gasteiger partial charge in [0.15, 0.2) is 0 Å². The molecule has 0 saturated heterocycles. The van der Waals surface area contributed by atoms with Gasteiger partial charge in [0, 0.05) is 12.1 Å². The molecule has 1 nitrogen and oxygen atoms in total. The Morgan fingerprint density at radius 3 is 1.92 bits per heavy atom. The van der Waals surface area contributed by atoms with E-state index in [2.05, 4.69) is 19.2 Å². The molecule has 0 radical (unpaired) electrons. The number of hydrogen-bond donors (Lipinski definition) is 1. The van der Waals surface area contributed by atoms with Crippen LogP contribution in [0.2, 0.25) is 0 Å². The van der Waals surface area contributed by atoms with Gasteiger partial charge in [-0.3, -0.25) is 0 Å². The minimum atomic E-state index is 0.844. The molecular weight excluding hydrogens is 146 g/mol. The Labute approximate surface area is 75.9 Å². The van der Waals surface area contributed by atoms with Crippen LogP contribution in [0.15, 0.2) is 0 Å². The van der Waals surface area contributed by atoms with Crippen LogP contribution in [0.1, 0.15) is 46.0 Å². The first-order valence-electron chi connectivity index (χ1n) is 5.50. The molecule has 0 aromatic rings. The van der Waals surface area contributed by atoms with Gasteiger partial charge in [0.05, 0.1) is 0 Å². The topological polar surface area (TPSA) is 12.0 Å². The molecule has 2 fully saturated rings. The van der Waals surface area contributed by atoms with E-state index in [4.69, 9.17) is 0 Å². The Balaban J connectivity index is 1.79. The SMILES string of the molecule is C[C@@H]1CC(NC2CC2)C[C@H](C)C1. The maximum atomic E-state index is 3.75. The van der Waals surface area contributed by atoms with Gasteiger partial charge >= 0.3 is 0 Å². The lowest BCUT2D eigenvalue weighted by atomic mass is 9.80. The quantitative estimate of drug-likeness (QED) is 0.666. The molecular formula is C11H21N. The molecule has 1 unspecified atom stereocenters. The van der Waals surface area contributed by atoms with E-state index in [0.717, 1.165) is 23.9 Å². The number of rotatable bonds is 2. The molecule has 2 aliphatic rings. The molecule has 2 aliphatic carbocycles. The van der Waals surface area contributed by atoms with Crippen molar-refractivity contribution in [3.05, 3.63) is 0 Å². The van der Waals surface area contributed by atoms with Crippen molar-refractivity contribution in [2.45, 2.75) is 58.0 Å². The molecule has 3 atom stereocenters. The highest BCUT2D eigenvalue weighted by Gasteiger charge is 2.29. The molecule has 0 aromatic carbocycles. The zero-order chi connectivity index (χ0) is 8.55. The summed E-state index contributed by atoms with van der Waals surface area (Å²) in [6, 6.07) is 1.74. The van der Waals surface area contributed by atoms with Gasteiger partial charge in [-0.15, -0.1) is 0 Å². The van der Waals surface area contributed by atoms with E-state index in [0.29, 0.717) is 0 Å². The van der Waals surface area contributed by atoms with Crippen molar-refractivity contribution in [1.29, 1.82) is 0 Å². The maximum absolute atomic E-state index is 3.75. The van der Waals surface area contributed by atoms with Crippen molar-refractivity contribution in [2.75, 3.05) is 0 Å². The molecule has 0 heterocycles. The van der Waals surface area contributed by atoms with Crippen LogP contribution in [-0.2, 0) is 0 Å². The molecule has 0 bridgehead atoms. The van der Waals surface area contributed by atoms with Crippen LogP contribution in [0.25, 0.3) is 0 Å². The molecule has 0 amide bonds. The van der Waals surface area contributed by atoms with E-state index in [-0.39, 0.29) is 0 Å². The average Bonchev–Trinajstić information content (AvgIpc) is 2.68. The van der Waals surface area contributed by atoms with Crippen LogP contribution in [-0.4, -0.2) is 12.1 Å². The van der Waals surface area contributed by atoms with E-state index in [1.165, 1.54) is 32.1 Å². The summed E-state index contributed by atoms with van der Waals surface area (Å²) in [7, 11) is 0. The lowest BCUT2D eigenvalue weighted by Crippen LogP contribution is -2.37. The third-order valence-corrected chi connectivity index (χ3v) is 3.23. The van der Waals surface area contributed by atoms with Crippen LogP contribution in [0.5, 0.6) is 0 Å². The summed E-state index contributed by atoms with van der Waals surface area (Å²) in [6.07, 6.45) is 7.14. The van der Waals surface area contributed by atoms with Gasteiger partial charge in [0.1, 0.15) is 0 Å². The normalized spacial score (nSPS) is 43.0. The van der Waals surface area contributed by atoms with Gasteiger partial charge in [-0.2, -0.15) is 0 Å². The van der Waals surface area contributed by atoms with Gasteiger partial charge < -0.3 is 5.32 Å². The highest BCUT2D eigenvalue weighted by Crippen LogP contribution is 2.30. The second kappa shape index (κ2) is 3.37. The second-order valence-electron chi connectivity index (χ2n) is 5.06. The lowest BCUT2D eigenvalue weighted by Gasteiger charge is -2.32. The zero-order valence-corrected chi connectivity index (χ0v) is 8.34. The summed E-state index contributed by atoms with van der Waals surface area (Å²) in [6.45, 7) is 4.80. The van der Waals surface area contributed by atoms with Gasteiger partial charge in [0.25, 0.3) is 0 Å². The van der Waals surface area contributed by atoms with E-state index >= 15 is 0 Å². The third kappa shape index (κ3) is 2.22. The molecule has 0 spiro atoms. The lowest BCUT2D eigenvalue weighted by molar-refractivity contribution is 0.238.